The Kier molecular flexibility index (Phi) is 19.1. The van der Waals surface area contributed by atoms with Gasteiger partial charge in [-0.05, 0) is 50.9 Å². The second-order valence-corrected chi connectivity index (χ2v) is 8.99. The van der Waals surface area contributed by atoms with Gasteiger partial charge >= 0.3 is 0 Å². The van der Waals surface area contributed by atoms with Gasteiger partial charge in [0, 0.05) is 23.6 Å². The maximum atomic E-state index is 11.9. The first-order valence-corrected chi connectivity index (χ1v) is 11.7. The smallest absolute Gasteiger partial charge is 0.223 e. The molecule has 0 radical (unpaired) electrons. The van der Waals surface area contributed by atoms with Gasteiger partial charge in [0.15, 0.2) is 0 Å². The molecular formula is C19H34Cl2N4O2S2. The van der Waals surface area contributed by atoms with Crippen LogP contribution in [0.3, 0.4) is 0 Å². The van der Waals surface area contributed by atoms with Crippen molar-refractivity contribution in [2.24, 2.45) is 22.6 Å². The monoisotopic (exact) mass is 484 g/mol. The summed E-state index contributed by atoms with van der Waals surface area (Å²) in [6.45, 7) is 1.44. The van der Waals surface area contributed by atoms with Gasteiger partial charge in [0.05, 0.1) is 5.41 Å². The van der Waals surface area contributed by atoms with Gasteiger partial charge in [-0.2, -0.15) is 0 Å². The van der Waals surface area contributed by atoms with Crippen molar-refractivity contribution >= 4 is 58.2 Å². The summed E-state index contributed by atoms with van der Waals surface area (Å²) in [5.74, 6) is 0.500. The van der Waals surface area contributed by atoms with Crippen LogP contribution >= 0.6 is 46.4 Å². The number of unbranched alkanes of at least 4 members (excludes halogenated alkanes) is 1. The number of nitrogens with two attached hydrogens (primary N) is 3. The maximum absolute atomic E-state index is 11.9. The largest absolute Gasteiger partial charge is 0.369 e. The third-order valence-electron chi connectivity index (χ3n) is 4.48. The molecule has 0 bridgehead atoms. The van der Waals surface area contributed by atoms with E-state index >= 15 is 0 Å². The molecule has 0 fully saturated rings. The van der Waals surface area contributed by atoms with Crippen molar-refractivity contribution in [3.63, 3.8) is 0 Å². The van der Waals surface area contributed by atoms with E-state index in [4.69, 9.17) is 17.2 Å². The number of amides is 2. The predicted molar refractivity (Wildman–Crippen MR) is 130 cm³/mol. The summed E-state index contributed by atoms with van der Waals surface area (Å²) in [5, 5.41) is 2.93. The Bertz CT molecular complexity index is 562. The van der Waals surface area contributed by atoms with Gasteiger partial charge in [-0.25, -0.2) is 0 Å². The summed E-state index contributed by atoms with van der Waals surface area (Å²) in [7, 11) is 3.36. The maximum Gasteiger partial charge on any atom is 0.223 e. The zero-order valence-electron chi connectivity index (χ0n) is 16.6. The van der Waals surface area contributed by atoms with E-state index in [0.717, 1.165) is 18.6 Å². The van der Waals surface area contributed by atoms with E-state index in [0.29, 0.717) is 45.3 Å². The molecule has 1 aromatic carbocycles. The molecule has 0 aliphatic rings. The molecule has 168 valence electrons. The van der Waals surface area contributed by atoms with Crippen LogP contribution in [0, 0.1) is 5.41 Å². The van der Waals surface area contributed by atoms with Gasteiger partial charge in [0.25, 0.3) is 0 Å². The van der Waals surface area contributed by atoms with E-state index in [-0.39, 0.29) is 36.6 Å². The molecule has 1 aromatic rings. The minimum atomic E-state index is -0.612. The number of primary amides is 1. The summed E-state index contributed by atoms with van der Waals surface area (Å²) >= 11 is 0. The van der Waals surface area contributed by atoms with Gasteiger partial charge < -0.3 is 22.5 Å². The fourth-order valence-corrected chi connectivity index (χ4v) is 4.92. The molecule has 10 heteroatoms. The van der Waals surface area contributed by atoms with Crippen LogP contribution in [0.4, 0.5) is 0 Å². The number of carbonyl (C=O) groups excluding carboxylic acids is 2. The van der Waals surface area contributed by atoms with E-state index in [9.17, 15) is 9.59 Å². The fourth-order valence-electron chi connectivity index (χ4n) is 2.92. The molecule has 0 atom stereocenters. The van der Waals surface area contributed by atoms with Crippen LogP contribution in [0.2, 0.25) is 0 Å². The topological polar surface area (TPSA) is 124 Å². The van der Waals surface area contributed by atoms with Gasteiger partial charge in [-0.3, -0.25) is 9.59 Å². The second-order valence-electron chi connectivity index (χ2n) is 6.50. The summed E-state index contributed by atoms with van der Waals surface area (Å²) in [6.07, 6.45) is 3.89. The number of carbonyl (C=O) groups is 2. The molecule has 0 spiro atoms. The molecular weight excluding hydrogens is 451 g/mol. The number of rotatable bonds is 15. The molecule has 0 heterocycles. The number of hydrogen-bond donors (Lipinski definition) is 4. The third kappa shape index (κ3) is 12.6. The summed E-state index contributed by atoms with van der Waals surface area (Å²) in [4.78, 5) is 24.9. The van der Waals surface area contributed by atoms with Crippen molar-refractivity contribution in [2.75, 3.05) is 25.4 Å². The lowest BCUT2D eigenvalue weighted by molar-refractivity contribution is -0.129. The van der Waals surface area contributed by atoms with E-state index in [2.05, 4.69) is 17.4 Å². The van der Waals surface area contributed by atoms with Crippen molar-refractivity contribution in [3.8, 4) is 0 Å². The lowest BCUT2D eigenvalue weighted by Gasteiger charge is -2.30. The van der Waals surface area contributed by atoms with Crippen LogP contribution in [0.15, 0.2) is 35.2 Å². The molecule has 1 rings (SSSR count). The molecule has 0 unspecified atom stereocenters. The Hall–Kier alpha value is -0.640. The average Bonchev–Trinajstić information content (AvgIpc) is 2.66. The highest BCUT2D eigenvalue weighted by molar-refractivity contribution is 8.76. The number of hydrogen-bond acceptors (Lipinski definition) is 6. The SMILES string of the molecule is Cl.Cl.NCCC(CCN)(CCCCNC(=O)CCSSc1ccccc1)C(N)=O. The fraction of sp³-hybridized carbons (Fsp3) is 0.579. The highest BCUT2D eigenvalue weighted by atomic mass is 35.5. The van der Waals surface area contributed by atoms with E-state index in [1.54, 1.807) is 21.6 Å². The van der Waals surface area contributed by atoms with Crippen LogP contribution in [0.5, 0.6) is 0 Å². The molecule has 0 aromatic heterocycles. The first-order chi connectivity index (χ1) is 13.0. The van der Waals surface area contributed by atoms with Crippen molar-refractivity contribution in [1.82, 2.24) is 5.32 Å². The summed E-state index contributed by atoms with van der Waals surface area (Å²) in [5.41, 5.74) is 16.3. The Morgan fingerprint density at radius 1 is 0.966 bits per heavy atom. The van der Waals surface area contributed by atoms with E-state index in [1.807, 2.05) is 18.2 Å². The van der Waals surface area contributed by atoms with Crippen LogP contribution in [0.1, 0.15) is 38.5 Å². The van der Waals surface area contributed by atoms with Gasteiger partial charge in [0.1, 0.15) is 0 Å². The third-order valence-corrected chi connectivity index (χ3v) is 6.87. The second kappa shape index (κ2) is 18.2. The molecule has 6 nitrogen and oxygen atoms in total. The number of nitrogens with one attached hydrogen (secondary N) is 1. The Morgan fingerprint density at radius 2 is 1.59 bits per heavy atom. The normalized spacial score (nSPS) is 10.6. The van der Waals surface area contributed by atoms with Crippen LogP contribution in [-0.4, -0.2) is 37.2 Å². The predicted octanol–water partition coefficient (Wildman–Crippen LogP) is 3.12. The number of halogens is 2. The molecule has 0 aliphatic carbocycles. The van der Waals surface area contributed by atoms with Crippen molar-refractivity contribution in [1.29, 1.82) is 0 Å². The Balaban J connectivity index is 0. The first kappa shape index (κ1) is 30.6. The molecule has 0 saturated carbocycles. The zero-order chi connectivity index (χ0) is 20.0. The summed E-state index contributed by atoms with van der Waals surface area (Å²) in [6, 6.07) is 10.1. The quantitative estimate of drug-likeness (QED) is 0.224. The molecule has 7 N–H and O–H groups in total. The highest BCUT2D eigenvalue weighted by Crippen LogP contribution is 2.32. The van der Waals surface area contributed by atoms with Crippen LogP contribution in [0.25, 0.3) is 0 Å². The molecule has 29 heavy (non-hydrogen) atoms. The minimum absolute atomic E-state index is 0. The van der Waals surface area contributed by atoms with E-state index < -0.39 is 5.41 Å². The van der Waals surface area contributed by atoms with Gasteiger partial charge in [0.2, 0.25) is 11.8 Å². The van der Waals surface area contributed by atoms with E-state index in [1.165, 1.54) is 4.90 Å². The number of benzene rings is 1. The minimum Gasteiger partial charge on any atom is -0.369 e. The van der Waals surface area contributed by atoms with Crippen molar-refractivity contribution < 1.29 is 9.59 Å². The highest BCUT2D eigenvalue weighted by Gasteiger charge is 2.34. The first-order valence-electron chi connectivity index (χ1n) is 9.35. The molecule has 0 saturated heterocycles. The standard InChI is InChI=1S/C19H32N4O2S2.2ClH/c20-12-10-19(11-13-21,18(22)25)9-4-5-14-23-17(24)8-15-26-27-16-6-2-1-3-7-16;;/h1-3,6-7H,4-5,8-15,20-21H2,(H2,22,25)(H,23,24);2*1H. The van der Waals surface area contributed by atoms with Gasteiger partial charge in [-0.1, -0.05) is 46.2 Å². The zero-order valence-corrected chi connectivity index (χ0v) is 19.9. The lowest BCUT2D eigenvalue weighted by Crippen LogP contribution is -2.40. The summed E-state index contributed by atoms with van der Waals surface area (Å²) < 4.78 is 0. The average molecular weight is 486 g/mol. The Morgan fingerprint density at radius 3 is 2.14 bits per heavy atom. The van der Waals surface area contributed by atoms with Gasteiger partial charge in [-0.15, -0.1) is 24.8 Å². The molecule has 2 amide bonds. The Labute approximate surface area is 194 Å². The van der Waals surface area contributed by atoms with Crippen molar-refractivity contribution in [2.45, 2.75) is 43.4 Å². The van der Waals surface area contributed by atoms with Crippen LogP contribution in [-0.2, 0) is 9.59 Å². The lowest BCUT2D eigenvalue weighted by atomic mass is 9.76. The van der Waals surface area contributed by atoms with Crippen LogP contribution < -0.4 is 22.5 Å². The van der Waals surface area contributed by atoms with Crippen molar-refractivity contribution in [3.05, 3.63) is 30.3 Å². The molecule has 0 aliphatic heterocycles.